The average molecular weight is 1190 g/mol. The smallest absolute Gasteiger partial charge is 0.347 e. The number of hydrogen-bond donors (Lipinski definition) is 13. The summed E-state index contributed by atoms with van der Waals surface area (Å²) in [6, 6.07) is 0. The molecule has 39 heteroatoms. The predicted molar refractivity (Wildman–Crippen MR) is 241 cm³/mol. The zero-order valence-electron chi connectivity index (χ0n) is 40.5. The van der Waals surface area contributed by atoms with Gasteiger partial charge in [0.25, 0.3) is 0 Å². The van der Waals surface area contributed by atoms with Crippen LogP contribution in [0.4, 0.5) is 0 Å². The molecule has 3 aromatic rings. The van der Waals surface area contributed by atoms with Gasteiger partial charge in [-0.25, -0.2) is 86.3 Å². The van der Waals surface area contributed by atoms with Crippen molar-refractivity contribution < 1.29 is 191 Å². The molecule has 3 rings (SSSR count). The zero-order valence-corrected chi connectivity index (χ0v) is 40.5. The van der Waals surface area contributed by atoms with E-state index >= 15 is 0 Å². The molecule has 3 aromatic carbocycles. The van der Waals surface area contributed by atoms with Gasteiger partial charge in [0.2, 0.25) is 0 Å². The largest absolute Gasteiger partial charge is 0.478 e. The van der Waals surface area contributed by atoms with E-state index in [0.717, 1.165) is 0 Å². The molecular formula is C45H26O39. The maximum Gasteiger partial charge on any atom is 0.347 e. The number of rotatable bonds is 24. The van der Waals surface area contributed by atoms with Crippen LogP contribution in [-0.2, 0) is 38.1 Å². The lowest BCUT2D eigenvalue weighted by Gasteiger charge is -2.21. The topological polar surface area (TPSA) is 668 Å². The standard InChI is InChI=1S/C45H26O39/c1-7(47)81-41(75)26-24(40(74)80-6-2-5-46)20(38(70)71)21(39(72)73)25(27(26)45(79)84-44(78)23-18(36(66)67)14(32(58)59)11(29(52)53)15(33(60)61)19(23)37(68)69)43(77)83-9(49)4-3-8(48)82-42(76)22-16(34(62)63)12(30(54)55)10(28(50)51)13(31(56)57)17(22)35(64)65/h46H,2-6H2,1H3,(H,50,51)(H,52,53)(H,54,55)(H,56,57)(H,58,59)(H,60,61)(H,62,63)(H,64,65)(H,66,67)(H,68,69)(H,70,71)(H,72,73). The molecule has 0 aliphatic rings. The highest BCUT2D eigenvalue weighted by Crippen LogP contribution is 2.36. The maximum atomic E-state index is 14.4. The molecule has 0 aliphatic carbocycles. The van der Waals surface area contributed by atoms with Crippen LogP contribution in [0, 0.1) is 0 Å². The van der Waals surface area contributed by atoms with E-state index in [1.807, 2.05) is 0 Å². The summed E-state index contributed by atoms with van der Waals surface area (Å²) in [6.07, 6.45) is -4.23. The fourth-order valence-corrected chi connectivity index (χ4v) is 7.33. The molecule has 0 aliphatic heterocycles. The average Bonchev–Trinajstić information content (AvgIpc) is 1.11. The van der Waals surface area contributed by atoms with E-state index in [1.54, 1.807) is 0 Å². The first-order chi connectivity index (χ1) is 38.8. The predicted octanol–water partition coefficient (Wildman–Crippen LogP) is -0.848. The van der Waals surface area contributed by atoms with Gasteiger partial charge in [0.05, 0.1) is 120 Å². The Morgan fingerprint density at radius 1 is 0.262 bits per heavy atom. The van der Waals surface area contributed by atoms with Crippen LogP contribution in [0.5, 0.6) is 0 Å². The van der Waals surface area contributed by atoms with Crippen molar-refractivity contribution in [3.63, 3.8) is 0 Å². The number of hydrogen-bond acceptors (Lipinski definition) is 27. The lowest BCUT2D eigenvalue weighted by atomic mass is 9.85. The second-order valence-corrected chi connectivity index (χ2v) is 15.2. The molecule has 0 saturated heterocycles. The highest BCUT2D eigenvalue weighted by atomic mass is 16.6. The number of ether oxygens (including phenoxy) is 5. The van der Waals surface area contributed by atoms with Gasteiger partial charge in [-0.1, -0.05) is 0 Å². The van der Waals surface area contributed by atoms with Crippen LogP contribution in [0.15, 0.2) is 0 Å². The lowest BCUT2D eigenvalue weighted by molar-refractivity contribution is -0.144. The summed E-state index contributed by atoms with van der Waals surface area (Å²) in [6.45, 7) is -1.64. The van der Waals surface area contributed by atoms with Crippen LogP contribution in [0.3, 0.4) is 0 Å². The number of carbonyl (C=O) groups excluding carboxylic acids is 9. The number of aromatic carboxylic acids is 12. The molecule has 0 aromatic heterocycles. The highest BCUT2D eigenvalue weighted by molar-refractivity contribution is 6.28. The number of esters is 9. The van der Waals surface area contributed by atoms with Gasteiger partial charge < -0.3 is 90.1 Å². The number of aliphatic hydroxyl groups excluding tert-OH is 1. The molecule has 13 N–H and O–H groups in total. The number of benzene rings is 3. The maximum absolute atomic E-state index is 14.4. The Bertz CT molecular complexity index is 3570. The molecule has 0 unspecified atom stereocenters. The minimum atomic E-state index is -3.07. The molecule has 0 spiro atoms. The third kappa shape index (κ3) is 13.1. The molecule has 0 amide bonds. The zero-order chi connectivity index (χ0) is 64.6. The van der Waals surface area contributed by atoms with E-state index in [9.17, 15) is 167 Å². The molecular weight excluding hydrogens is 1160 g/mol. The Kier molecular flexibility index (Phi) is 20.2. The Hall–Kier alpha value is -12.7. The van der Waals surface area contributed by atoms with Crippen molar-refractivity contribution in [1.29, 1.82) is 0 Å². The van der Waals surface area contributed by atoms with Crippen molar-refractivity contribution >= 4 is 125 Å². The monoisotopic (exact) mass is 1190 g/mol. The summed E-state index contributed by atoms with van der Waals surface area (Å²) >= 11 is 0. The Labute approximate surface area is 455 Å². The van der Waals surface area contributed by atoms with E-state index < -0.39 is 258 Å². The number of carboxylic acids is 12. The van der Waals surface area contributed by atoms with Gasteiger partial charge in [-0.15, -0.1) is 0 Å². The quantitative estimate of drug-likeness (QED) is 0.0225. The number of carboxylic acid groups (broad SMARTS) is 12. The van der Waals surface area contributed by atoms with Crippen LogP contribution < -0.4 is 0 Å². The Balaban J connectivity index is 2.50. The van der Waals surface area contributed by atoms with Crippen molar-refractivity contribution in [1.82, 2.24) is 0 Å². The first-order valence-electron chi connectivity index (χ1n) is 21.1. The van der Waals surface area contributed by atoms with Crippen LogP contribution >= 0.6 is 0 Å². The van der Waals surface area contributed by atoms with Gasteiger partial charge in [-0.2, -0.15) is 0 Å². The van der Waals surface area contributed by atoms with Crippen molar-refractivity contribution in [3.8, 4) is 0 Å². The molecule has 0 saturated carbocycles. The summed E-state index contributed by atoms with van der Waals surface area (Å²) in [4.78, 5) is 270. The first-order valence-corrected chi connectivity index (χ1v) is 21.1. The van der Waals surface area contributed by atoms with Crippen LogP contribution in [0.1, 0.15) is 213 Å². The second-order valence-electron chi connectivity index (χ2n) is 15.2. The van der Waals surface area contributed by atoms with Crippen LogP contribution in [0.2, 0.25) is 0 Å². The summed E-state index contributed by atoms with van der Waals surface area (Å²) in [5.74, 6) is -56.1. The van der Waals surface area contributed by atoms with Gasteiger partial charge in [0.15, 0.2) is 0 Å². The number of aliphatic hydroxyl groups is 1. The normalized spacial score (nSPS) is 10.4. The van der Waals surface area contributed by atoms with Gasteiger partial charge in [0, 0.05) is 20.0 Å². The summed E-state index contributed by atoms with van der Waals surface area (Å²) in [5.41, 5.74) is -40.7. The summed E-state index contributed by atoms with van der Waals surface area (Å²) < 4.78 is 21.9. The SMILES string of the molecule is CC(=O)OC(=O)c1c(C(=O)OCCCO)c(C(=O)O)c(C(=O)O)c(C(=O)OC(=O)CCC(=O)OC(=O)c2c(C(=O)O)c(C(=O)O)c(C(=O)O)c(C(=O)O)c2C(=O)O)c1C(=O)OC(=O)c1c(C(=O)O)c(C(=O)O)c(C(=O)O)c(C(=O)O)c1C(=O)O. The molecule has 0 heterocycles. The van der Waals surface area contributed by atoms with Crippen LogP contribution in [-0.4, -0.2) is 205 Å². The van der Waals surface area contributed by atoms with E-state index in [-0.39, 0.29) is 0 Å². The van der Waals surface area contributed by atoms with Gasteiger partial charge in [-0.3, -0.25) is 14.4 Å². The fraction of sp³-hybridized carbons (Fsp3) is 0.133. The molecule has 39 nitrogen and oxygen atoms in total. The van der Waals surface area contributed by atoms with Crippen molar-refractivity contribution in [2.75, 3.05) is 13.2 Å². The van der Waals surface area contributed by atoms with Crippen molar-refractivity contribution in [3.05, 3.63) is 100 Å². The Morgan fingerprint density at radius 2 is 0.440 bits per heavy atom. The fourth-order valence-electron chi connectivity index (χ4n) is 7.33. The molecule has 84 heavy (non-hydrogen) atoms. The van der Waals surface area contributed by atoms with E-state index in [0.29, 0.717) is 6.92 Å². The van der Waals surface area contributed by atoms with Crippen molar-refractivity contribution in [2.24, 2.45) is 0 Å². The third-order valence-corrected chi connectivity index (χ3v) is 10.2. The van der Waals surface area contributed by atoms with Gasteiger partial charge >= 0.3 is 125 Å². The van der Waals surface area contributed by atoms with E-state index in [2.05, 4.69) is 18.9 Å². The van der Waals surface area contributed by atoms with Gasteiger partial charge in [-0.05, 0) is 0 Å². The number of carbonyl (C=O) groups is 21. The Morgan fingerprint density at radius 3 is 0.655 bits per heavy atom. The minimum absolute atomic E-state index is 0.322. The molecule has 0 atom stereocenters. The van der Waals surface area contributed by atoms with Gasteiger partial charge in [0.1, 0.15) is 0 Å². The summed E-state index contributed by atoms with van der Waals surface area (Å²) in [7, 11) is 0. The molecule has 0 bridgehead atoms. The minimum Gasteiger partial charge on any atom is -0.478 e. The second kappa shape index (κ2) is 25.8. The van der Waals surface area contributed by atoms with Crippen LogP contribution in [0.25, 0.3) is 0 Å². The van der Waals surface area contributed by atoms with E-state index in [4.69, 9.17) is 4.74 Å². The van der Waals surface area contributed by atoms with E-state index in [1.165, 1.54) is 0 Å². The first kappa shape index (κ1) is 65.6. The molecule has 440 valence electrons. The lowest BCUT2D eigenvalue weighted by Crippen LogP contribution is -2.33. The molecule has 0 radical (unpaired) electrons. The van der Waals surface area contributed by atoms with Crippen molar-refractivity contribution in [2.45, 2.75) is 26.2 Å². The highest BCUT2D eigenvalue weighted by Gasteiger charge is 2.47. The third-order valence-electron chi connectivity index (χ3n) is 10.2. The molecule has 0 fully saturated rings. The summed E-state index contributed by atoms with van der Waals surface area (Å²) in [5, 5.41) is 128.